The van der Waals surface area contributed by atoms with Crippen LogP contribution in [-0.4, -0.2) is 74.0 Å². The molecule has 1 amide bonds. The number of piperazine rings is 1. The van der Waals surface area contributed by atoms with Crippen molar-refractivity contribution in [3.8, 4) is 11.5 Å². The maximum atomic E-state index is 12.6. The number of aryl methyl sites for hydroxylation is 1. The zero-order chi connectivity index (χ0) is 20.8. The molecule has 0 saturated carbocycles. The lowest BCUT2D eigenvalue weighted by Crippen LogP contribution is -2.55. The highest BCUT2D eigenvalue weighted by atomic mass is 16.5. The Morgan fingerprint density at radius 1 is 1.28 bits per heavy atom. The van der Waals surface area contributed by atoms with Gasteiger partial charge in [0.15, 0.2) is 5.96 Å². The summed E-state index contributed by atoms with van der Waals surface area (Å²) in [6.07, 6.45) is 4.30. The van der Waals surface area contributed by atoms with Gasteiger partial charge in [0.25, 0.3) is 0 Å². The fraction of sp³-hybridized carbons (Fsp3) is 0.450. The van der Waals surface area contributed by atoms with E-state index >= 15 is 0 Å². The summed E-state index contributed by atoms with van der Waals surface area (Å²) >= 11 is 0. The van der Waals surface area contributed by atoms with Crippen LogP contribution in [-0.2, 0) is 18.3 Å². The second-order valence-corrected chi connectivity index (χ2v) is 6.74. The summed E-state index contributed by atoms with van der Waals surface area (Å²) in [6.45, 7) is 2.22. The minimum Gasteiger partial charge on any atom is -0.497 e. The second-order valence-electron chi connectivity index (χ2n) is 6.74. The standard InChI is InChI=1S/C20H28N6O3/c1-21-20(22-8-7-15-11-17(28-3)5-6-18(15)29-4)25-9-10-26(19(27)14-25)16-12-23-24(2)13-16/h5-6,11-13H,7-10,14H2,1-4H3,(H,21,22). The molecule has 1 saturated heterocycles. The zero-order valence-electron chi connectivity index (χ0n) is 17.4. The molecule has 1 N–H and O–H groups in total. The van der Waals surface area contributed by atoms with E-state index in [1.54, 1.807) is 37.0 Å². The van der Waals surface area contributed by atoms with Crippen molar-refractivity contribution < 1.29 is 14.3 Å². The van der Waals surface area contributed by atoms with Gasteiger partial charge >= 0.3 is 0 Å². The third kappa shape index (κ3) is 4.79. The monoisotopic (exact) mass is 400 g/mol. The molecule has 0 bridgehead atoms. The fourth-order valence-electron chi connectivity index (χ4n) is 3.39. The first-order valence-electron chi connectivity index (χ1n) is 9.51. The molecule has 2 heterocycles. The largest absolute Gasteiger partial charge is 0.497 e. The Balaban J connectivity index is 1.57. The minimum atomic E-state index is 0.0293. The molecule has 29 heavy (non-hydrogen) atoms. The quantitative estimate of drug-likeness (QED) is 0.573. The number of nitrogens with zero attached hydrogens (tertiary/aromatic N) is 5. The maximum absolute atomic E-state index is 12.6. The Hall–Kier alpha value is -3.23. The first-order chi connectivity index (χ1) is 14.0. The number of carbonyl (C=O) groups excluding carboxylic acids is 1. The second kappa shape index (κ2) is 9.31. The molecule has 1 aliphatic rings. The van der Waals surface area contributed by atoms with E-state index in [0.717, 1.165) is 29.2 Å². The van der Waals surface area contributed by atoms with Gasteiger partial charge in [-0.1, -0.05) is 0 Å². The lowest BCUT2D eigenvalue weighted by atomic mass is 10.1. The molecule has 9 nitrogen and oxygen atoms in total. The lowest BCUT2D eigenvalue weighted by molar-refractivity contribution is -0.120. The van der Waals surface area contributed by atoms with Gasteiger partial charge in [-0.2, -0.15) is 5.10 Å². The topological polar surface area (TPSA) is 84.2 Å². The Labute approximate surface area is 170 Å². The molecule has 156 valence electrons. The van der Waals surface area contributed by atoms with Gasteiger partial charge in [-0.25, -0.2) is 0 Å². The molecular weight excluding hydrogens is 372 g/mol. The van der Waals surface area contributed by atoms with E-state index in [1.807, 2.05) is 36.3 Å². The average Bonchev–Trinajstić information content (AvgIpc) is 3.16. The van der Waals surface area contributed by atoms with E-state index in [1.165, 1.54) is 0 Å². The number of hydrogen-bond acceptors (Lipinski definition) is 5. The van der Waals surface area contributed by atoms with Gasteiger partial charge in [0.05, 0.1) is 26.1 Å². The Morgan fingerprint density at radius 2 is 2.10 bits per heavy atom. The number of amides is 1. The van der Waals surface area contributed by atoms with Crippen LogP contribution >= 0.6 is 0 Å². The molecule has 0 aliphatic carbocycles. The van der Waals surface area contributed by atoms with Gasteiger partial charge in [0, 0.05) is 39.9 Å². The van der Waals surface area contributed by atoms with Crippen LogP contribution in [0.5, 0.6) is 11.5 Å². The van der Waals surface area contributed by atoms with Gasteiger partial charge in [0.2, 0.25) is 5.91 Å². The van der Waals surface area contributed by atoms with Crippen molar-refractivity contribution in [2.45, 2.75) is 6.42 Å². The summed E-state index contributed by atoms with van der Waals surface area (Å²) < 4.78 is 12.4. The number of anilines is 1. The smallest absolute Gasteiger partial charge is 0.246 e. The molecule has 0 spiro atoms. The van der Waals surface area contributed by atoms with E-state index in [2.05, 4.69) is 15.4 Å². The summed E-state index contributed by atoms with van der Waals surface area (Å²) in [5.41, 5.74) is 1.87. The number of nitrogens with one attached hydrogen (secondary N) is 1. The van der Waals surface area contributed by atoms with Crippen molar-refractivity contribution in [1.82, 2.24) is 20.0 Å². The van der Waals surface area contributed by atoms with Crippen molar-refractivity contribution in [2.24, 2.45) is 12.0 Å². The van der Waals surface area contributed by atoms with Crippen LogP contribution in [0.3, 0.4) is 0 Å². The van der Waals surface area contributed by atoms with Gasteiger partial charge < -0.3 is 24.6 Å². The van der Waals surface area contributed by atoms with Crippen LogP contribution in [0.15, 0.2) is 35.6 Å². The van der Waals surface area contributed by atoms with Gasteiger partial charge in [-0.3, -0.25) is 14.5 Å². The number of methoxy groups -OCH3 is 2. The summed E-state index contributed by atoms with van der Waals surface area (Å²) in [4.78, 5) is 20.7. The van der Waals surface area contributed by atoms with Crippen LogP contribution < -0.4 is 19.7 Å². The van der Waals surface area contributed by atoms with Crippen LogP contribution in [0.2, 0.25) is 0 Å². The summed E-state index contributed by atoms with van der Waals surface area (Å²) in [6, 6.07) is 5.75. The third-order valence-corrected chi connectivity index (χ3v) is 4.90. The van der Waals surface area contributed by atoms with Gasteiger partial charge in [0.1, 0.15) is 18.0 Å². The van der Waals surface area contributed by atoms with Crippen LogP contribution in [0.25, 0.3) is 0 Å². The van der Waals surface area contributed by atoms with Crippen molar-refractivity contribution in [2.75, 3.05) is 52.3 Å². The number of hydrogen-bond donors (Lipinski definition) is 1. The van der Waals surface area contributed by atoms with E-state index in [4.69, 9.17) is 9.47 Å². The van der Waals surface area contributed by atoms with Gasteiger partial charge in [-0.05, 0) is 30.2 Å². The predicted molar refractivity (Wildman–Crippen MR) is 112 cm³/mol. The normalized spacial score (nSPS) is 14.9. The highest BCUT2D eigenvalue weighted by Crippen LogP contribution is 2.24. The number of aliphatic imine (C=N–C) groups is 1. The van der Waals surface area contributed by atoms with Crippen LogP contribution in [0, 0.1) is 0 Å². The van der Waals surface area contributed by atoms with E-state index in [0.29, 0.717) is 25.6 Å². The first-order valence-corrected chi connectivity index (χ1v) is 9.51. The molecule has 3 rings (SSSR count). The summed E-state index contributed by atoms with van der Waals surface area (Å²) in [7, 11) is 6.87. The number of ether oxygens (including phenoxy) is 2. The number of carbonyl (C=O) groups is 1. The fourth-order valence-corrected chi connectivity index (χ4v) is 3.39. The number of benzene rings is 1. The molecule has 0 atom stereocenters. The van der Waals surface area contributed by atoms with E-state index in [-0.39, 0.29) is 12.5 Å². The Kier molecular flexibility index (Phi) is 6.58. The molecule has 1 aromatic carbocycles. The highest BCUT2D eigenvalue weighted by Gasteiger charge is 2.27. The SMILES string of the molecule is CN=C(NCCc1cc(OC)ccc1OC)N1CCN(c2cnn(C)c2)C(=O)C1. The van der Waals surface area contributed by atoms with Gasteiger partial charge in [-0.15, -0.1) is 0 Å². The van der Waals surface area contributed by atoms with E-state index in [9.17, 15) is 4.79 Å². The molecule has 0 unspecified atom stereocenters. The van der Waals surface area contributed by atoms with E-state index < -0.39 is 0 Å². The third-order valence-electron chi connectivity index (χ3n) is 4.90. The van der Waals surface area contributed by atoms with Crippen LogP contribution in [0.4, 0.5) is 5.69 Å². The molecule has 1 fully saturated rings. The Morgan fingerprint density at radius 3 is 2.72 bits per heavy atom. The number of rotatable bonds is 6. The first kappa shape index (κ1) is 20.5. The molecule has 2 aromatic rings. The minimum absolute atomic E-state index is 0.0293. The van der Waals surface area contributed by atoms with Crippen molar-refractivity contribution in [1.29, 1.82) is 0 Å². The summed E-state index contributed by atoms with van der Waals surface area (Å²) in [5.74, 6) is 2.36. The highest BCUT2D eigenvalue weighted by molar-refractivity contribution is 5.98. The summed E-state index contributed by atoms with van der Waals surface area (Å²) in [5, 5.41) is 7.49. The average molecular weight is 400 g/mol. The van der Waals surface area contributed by atoms with Crippen molar-refractivity contribution in [3.05, 3.63) is 36.2 Å². The zero-order valence-corrected chi connectivity index (χ0v) is 17.4. The van der Waals surface area contributed by atoms with Crippen LogP contribution in [0.1, 0.15) is 5.56 Å². The molecule has 0 radical (unpaired) electrons. The van der Waals surface area contributed by atoms with Crippen molar-refractivity contribution >= 4 is 17.6 Å². The predicted octanol–water partition coefficient (Wildman–Crippen LogP) is 0.904. The molecule has 1 aromatic heterocycles. The molecular formula is C20H28N6O3. The number of guanidine groups is 1. The molecule has 9 heteroatoms. The lowest BCUT2D eigenvalue weighted by Gasteiger charge is -2.35. The van der Waals surface area contributed by atoms with Crippen molar-refractivity contribution in [3.63, 3.8) is 0 Å². The molecule has 1 aliphatic heterocycles. The maximum Gasteiger partial charge on any atom is 0.246 e. The Bertz CT molecular complexity index is 879. The number of aromatic nitrogens is 2.